The molecule has 0 aliphatic carbocycles. The van der Waals surface area contributed by atoms with Crippen LogP contribution in [0.5, 0.6) is 0 Å². The molecule has 58 heavy (non-hydrogen) atoms. The van der Waals surface area contributed by atoms with Gasteiger partial charge in [-0.2, -0.15) is 0 Å². The molecule has 9 aromatic carbocycles. The smallest absolute Gasteiger partial charge is 0.171 e. The molecule has 0 atom stereocenters. The molecule has 0 fully saturated rings. The predicted octanol–water partition coefficient (Wildman–Crippen LogP) is 13.3. The fraction of sp³-hybridized carbons (Fsp3) is 0. The van der Waals surface area contributed by atoms with E-state index in [0.717, 1.165) is 65.7 Å². The highest BCUT2D eigenvalue weighted by Crippen LogP contribution is 2.44. The molecule has 2 heterocycles. The Morgan fingerprint density at radius 2 is 0.793 bits per heavy atom. The largest absolute Gasteiger partial charge is 0.454 e. The van der Waals surface area contributed by atoms with Gasteiger partial charge in [0.25, 0.3) is 0 Å². The highest BCUT2D eigenvalue weighted by atomic mass is 31.2. The highest BCUT2D eigenvalue weighted by molar-refractivity contribution is 7.85. The Hall–Kier alpha value is -7.19. The molecule has 0 N–H and O–H groups in total. The molecular formula is C54H36NO2P. The Labute approximate surface area is 336 Å². The fourth-order valence-electron chi connectivity index (χ4n) is 8.65. The van der Waals surface area contributed by atoms with Crippen molar-refractivity contribution < 1.29 is 8.98 Å². The number of benzene rings is 9. The van der Waals surface area contributed by atoms with Crippen molar-refractivity contribution in [3.05, 3.63) is 218 Å². The predicted molar refractivity (Wildman–Crippen MR) is 244 cm³/mol. The summed E-state index contributed by atoms with van der Waals surface area (Å²) in [6.45, 7) is 0. The van der Waals surface area contributed by atoms with Crippen molar-refractivity contribution in [2.75, 3.05) is 0 Å². The third-order valence-electron chi connectivity index (χ3n) is 11.5. The SMILES string of the molecule is O=P(c1ccccc1)(c1ccccc1)c1cccc(-c2ccc3oc4c(-n5c6ccc(-c7ccccc7)cc6c6cc(-c7ccccc7)ccc65)cccc4c3c2)c1. The molecule has 0 spiro atoms. The van der Waals surface area contributed by atoms with Crippen LogP contribution in [0, 0.1) is 0 Å². The summed E-state index contributed by atoms with van der Waals surface area (Å²) in [5.74, 6) is 0. The van der Waals surface area contributed by atoms with Crippen LogP contribution < -0.4 is 15.9 Å². The minimum Gasteiger partial charge on any atom is -0.454 e. The number of para-hydroxylation sites is 1. The van der Waals surface area contributed by atoms with E-state index in [1.165, 1.54) is 33.0 Å². The van der Waals surface area contributed by atoms with Gasteiger partial charge in [-0.15, -0.1) is 0 Å². The second kappa shape index (κ2) is 13.8. The molecule has 11 aromatic rings. The van der Waals surface area contributed by atoms with Gasteiger partial charge >= 0.3 is 0 Å². The quantitative estimate of drug-likeness (QED) is 0.152. The lowest BCUT2D eigenvalue weighted by Crippen LogP contribution is -2.25. The fourth-order valence-corrected chi connectivity index (χ4v) is 11.3. The maximum Gasteiger partial charge on any atom is 0.171 e. The summed E-state index contributed by atoms with van der Waals surface area (Å²) in [6.07, 6.45) is 0. The van der Waals surface area contributed by atoms with Crippen LogP contribution in [0.3, 0.4) is 0 Å². The summed E-state index contributed by atoms with van der Waals surface area (Å²) in [5.41, 5.74) is 11.7. The van der Waals surface area contributed by atoms with Crippen LogP contribution in [0.1, 0.15) is 0 Å². The van der Waals surface area contributed by atoms with E-state index in [1.807, 2.05) is 72.8 Å². The highest BCUT2D eigenvalue weighted by Gasteiger charge is 2.30. The lowest BCUT2D eigenvalue weighted by atomic mass is 10.0. The monoisotopic (exact) mass is 761 g/mol. The molecule has 274 valence electrons. The Morgan fingerprint density at radius 3 is 1.38 bits per heavy atom. The third kappa shape index (κ3) is 5.55. The molecule has 0 saturated carbocycles. The van der Waals surface area contributed by atoms with E-state index in [-0.39, 0.29) is 0 Å². The third-order valence-corrected chi connectivity index (χ3v) is 14.5. The standard InChI is InChI=1S/C54H36NO2P/c56-58(43-20-9-3-10-21-43,44-22-11-4-12-23-44)45-24-13-19-39(33-45)42-29-32-53-49(36-42)46-25-14-26-52(54(46)57-53)55-50-30-27-40(37-15-5-1-6-16-37)34-47(50)48-35-41(28-31-51(48)55)38-17-7-2-8-18-38/h1-36H. The van der Waals surface area contributed by atoms with Crippen LogP contribution in [-0.2, 0) is 4.57 Å². The van der Waals surface area contributed by atoms with E-state index in [4.69, 9.17) is 4.42 Å². The molecule has 3 nitrogen and oxygen atoms in total. The maximum absolute atomic E-state index is 15.2. The number of rotatable bonds is 7. The van der Waals surface area contributed by atoms with E-state index in [2.05, 4.69) is 150 Å². The van der Waals surface area contributed by atoms with Gasteiger partial charge < -0.3 is 13.5 Å². The molecular weight excluding hydrogens is 726 g/mol. The van der Waals surface area contributed by atoms with Crippen LogP contribution in [0.2, 0.25) is 0 Å². The van der Waals surface area contributed by atoms with Crippen molar-refractivity contribution in [1.82, 2.24) is 4.57 Å². The van der Waals surface area contributed by atoms with E-state index >= 15 is 4.57 Å². The first-order valence-corrected chi connectivity index (χ1v) is 21.3. The average molecular weight is 762 g/mol. The number of hydrogen-bond acceptors (Lipinski definition) is 2. The molecule has 0 aliphatic heterocycles. The molecule has 0 radical (unpaired) electrons. The Bertz CT molecular complexity index is 3210. The molecule has 0 bridgehead atoms. The average Bonchev–Trinajstić information content (AvgIpc) is 3.85. The van der Waals surface area contributed by atoms with Gasteiger partial charge in [0.2, 0.25) is 0 Å². The number of aromatic nitrogens is 1. The van der Waals surface area contributed by atoms with Gasteiger partial charge in [0.15, 0.2) is 12.7 Å². The van der Waals surface area contributed by atoms with Crippen LogP contribution in [0.25, 0.3) is 82.8 Å². The van der Waals surface area contributed by atoms with E-state index in [0.29, 0.717) is 0 Å². The molecule has 0 aliphatic rings. The van der Waals surface area contributed by atoms with E-state index < -0.39 is 7.14 Å². The van der Waals surface area contributed by atoms with Gasteiger partial charge in [-0.1, -0.05) is 170 Å². The zero-order valence-corrected chi connectivity index (χ0v) is 32.4. The molecule has 0 unspecified atom stereocenters. The van der Waals surface area contributed by atoms with Gasteiger partial charge in [-0.25, -0.2) is 0 Å². The first-order valence-electron chi connectivity index (χ1n) is 19.6. The van der Waals surface area contributed by atoms with Crippen LogP contribution in [-0.4, -0.2) is 4.57 Å². The Morgan fingerprint density at radius 1 is 0.345 bits per heavy atom. The molecule has 11 rings (SSSR count). The number of nitrogens with zero attached hydrogens (tertiary/aromatic N) is 1. The second-order valence-electron chi connectivity index (χ2n) is 14.8. The van der Waals surface area contributed by atoms with Crippen molar-refractivity contribution >= 4 is 66.8 Å². The van der Waals surface area contributed by atoms with Gasteiger partial charge in [-0.3, -0.25) is 0 Å². The summed E-state index contributed by atoms with van der Waals surface area (Å²) < 4.78 is 24.4. The summed E-state index contributed by atoms with van der Waals surface area (Å²) in [4.78, 5) is 0. The zero-order chi connectivity index (χ0) is 38.6. The molecule has 2 aromatic heterocycles. The summed E-state index contributed by atoms with van der Waals surface area (Å²) in [6, 6.07) is 75.5. The lowest BCUT2D eigenvalue weighted by Gasteiger charge is -2.20. The topological polar surface area (TPSA) is 35.1 Å². The first kappa shape index (κ1) is 34.1. The normalized spacial score (nSPS) is 11.9. The summed E-state index contributed by atoms with van der Waals surface area (Å²) in [7, 11) is -3.14. The number of furan rings is 1. The number of hydrogen-bond donors (Lipinski definition) is 0. The maximum atomic E-state index is 15.2. The van der Waals surface area contributed by atoms with Gasteiger partial charge in [-0.05, 0) is 81.9 Å². The second-order valence-corrected chi connectivity index (χ2v) is 17.6. The van der Waals surface area contributed by atoms with Crippen molar-refractivity contribution in [2.45, 2.75) is 0 Å². The summed E-state index contributed by atoms with van der Waals surface area (Å²) >= 11 is 0. The zero-order valence-electron chi connectivity index (χ0n) is 31.5. The molecule has 0 saturated heterocycles. The molecule has 0 amide bonds. The van der Waals surface area contributed by atoms with Crippen LogP contribution in [0.15, 0.2) is 223 Å². The van der Waals surface area contributed by atoms with Crippen molar-refractivity contribution in [1.29, 1.82) is 0 Å². The van der Waals surface area contributed by atoms with Crippen molar-refractivity contribution in [2.24, 2.45) is 0 Å². The Kier molecular flexibility index (Phi) is 8.10. The number of fused-ring (bicyclic) bond motifs is 6. The lowest BCUT2D eigenvalue weighted by molar-refractivity contribution is 0.592. The molecule has 4 heteroatoms. The van der Waals surface area contributed by atoms with Gasteiger partial charge in [0, 0.05) is 37.5 Å². The van der Waals surface area contributed by atoms with E-state index in [1.54, 1.807) is 0 Å². The minimum atomic E-state index is -3.14. The van der Waals surface area contributed by atoms with E-state index in [9.17, 15) is 0 Å². The van der Waals surface area contributed by atoms with Crippen molar-refractivity contribution in [3.8, 4) is 39.1 Å². The van der Waals surface area contributed by atoms with Crippen LogP contribution >= 0.6 is 7.14 Å². The van der Waals surface area contributed by atoms with Gasteiger partial charge in [0.05, 0.1) is 16.7 Å². The van der Waals surface area contributed by atoms with Gasteiger partial charge in [0.1, 0.15) is 5.58 Å². The first-order chi connectivity index (χ1) is 28.6. The summed E-state index contributed by atoms with van der Waals surface area (Å²) in [5, 5.41) is 6.90. The van der Waals surface area contributed by atoms with Crippen molar-refractivity contribution in [3.63, 3.8) is 0 Å². The minimum absolute atomic E-state index is 0.805. The Balaban J connectivity index is 1.07. The van der Waals surface area contributed by atoms with Crippen LogP contribution in [0.4, 0.5) is 0 Å².